The maximum atomic E-state index is 12.8. The number of nitrogens with zero attached hydrogens (tertiary/aromatic N) is 1. The molecule has 1 aromatic heterocycles. The molecule has 1 aromatic rings. The highest BCUT2D eigenvalue weighted by atomic mass is 19.1. The van der Waals surface area contributed by atoms with Crippen LogP contribution in [-0.2, 0) is 0 Å². The van der Waals surface area contributed by atoms with Gasteiger partial charge in [-0.2, -0.15) is 4.39 Å². The van der Waals surface area contributed by atoms with Crippen molar-refractivity contribution >= 4 is 0 Å². The third-order valence-corrected chi connectivity index (χ3v) is 2.51. The molecule has 3 nitrogen and oxygen atoms in total. The molecule has 0 unspecified atom stereocenters. The Balaban J connectivity index is 2.22. The third kappa shape index (κ3) is 1.91. The van der Waals surface area contributed by atoms with Gasteiger partial charge in [0.1, 0.15) is 0 Å². The SMILES string of the molecule is Cc1nc(F)ccc1[C@H]1CNCCN1. The first-order chi connectivity index (χ1) is 6.77. The van der Waals surface area contributed by atoms with E-state index in [-0.39, 0.29) is 6.04 Å². The lowest BCUT2D eigenvalue weighted by Crippen LogP contribution is -2.42. The van der Waals surface area contributed by atoms with Crippen LogP contribution in [0.3, 0.4) is 0 Å². The second kappa shape index (κ2) is 4.02. The molecule has 4 heteroatoms. The van der Waals surface area contributed by atoms with Gasteiger partial charge in [0.15, 0.2) is 0 Å². The number of aryl methyl sites for hydroxylation is 1. The Labute approximate surface area is 82.7 Å². The molecule has 76 valence electrons. The number of rotatable bonds is 1. The van der Waals surface area contributed by atoms with E-state index in [1.165, 1.54) is 6.07 Å². The molecule has 1 atom stereocenters. The molecule has 0 radical (unpaired) electrons. The molecule has 14 heavy (non-hydrogen) atoms. The predicted octanol–water partition coefficient (Wildman–Crippen LogP) is 0.763. The van der Waals surface area contributed by atoms with Crippen molar-refractivity contribution in [3.05, 3.63) is 29.3 Å². The van der Waals surface area contributed by atoms with E-state index < -0.39 is 5.95 Å². The molecule has 1 fully saturated rings. The fraction of sp³-hybridized carbons (Fsp3) is 0.500. The highest BCUT2D eigenvalue weighted by Crippen LogP contribution is 2.16. The molecule has 2 heterocycles. The summed E-state index contributed by atoms with van der Waals surface area (Å²) in [7, 11) is 0. The van der Waals surface area contributed by atoms with E-state index in [9.17, 15) is 4.39 Å². The molecule has 0 bridgehead atoms. The summed E-state index contributed by atoms with van der Waals surface area (Å²) in [6.45, 7) is 4.66. The summed E-state index contributed by atoms with van der Waals surface area (Å²) in [5.41, 5.74) is 1.85. The summed E-state index contributed by atoms with van der Waals surface area (Å²) >= 11 is 0. The molecule has 1 saturated heterocycles. The van der Waals surface area contributed by atoms with Crippen molar-refractivity contribution in [2.24, 2.45) is 0 Å². The maximum Gasteiger partial charge on any atom is 0.213 e. The predicted molar refractivity (Wildman–Crippen MR) is 52.5 cm³/mol. The second-order valence-corrected chi connectivity index (χ2v) is 3.52. The number of nitrogens with one attached hydrogen (secondary N) is 2. The summed E-state index contributed by atoms with van der Waals surface area (Å²) in [5, 5.41) is 6.66. The fourth-order valence-electron chi connectivity index (χ4n) is 1.78. The van der Waals surface area contributed by atoms with E-state index in [2.05, 4.69) is 15.6 Å². The van der Waals surface area contributed by atoms with Crippen molar-refractivity contribution in [3.63, 3.8) is 0 Å². The average molecular weight is 195 g/mol. The molecule has 0 aromatic carbocycles. The minimum atomic E-state index is -0.407. The molecule has 0 saturated carbocycles. The summed E-state index contributed by atoms with van der Waals surface area (Å²) in [4.78, 5) is 3.81. The van der Waals surface area contributed by atoms with Crippen LogP contribution in [0.15, 0.2) is 12.1 Å². The molecule has 2 N–H and O–H groups in total. The topological polar surface area (TPSA) is 37.0 Å². The Hall–Kier alpha value is -1.00. The summed E-state index contributed by atoms with van der Waals surface area (Å²) in [5.74, 6) is -0.407. The molecule has 0 spiro atoms. The lowest BCUT2D eigenvalue weighted by atomic mass is 10.0. The van der Waals surface area contributed by atoms with Gasteiger partial charge in [0.2, 0.25) is 5.95 Å². The van der Waals surface area contributed by atoms with Gasteiger partial charge in [-0.1, -0.05) is 6.07 Å². The summed E-state index contributed by atoms with van der Waals surface area (Å²) in [6, 6.07) is 3.48. The Kier molecular flexibility index (Phi) is 2.74. The zero-order valence-electron chi connectivity index (χ0n) is 8.18. The summed E-state index contributed by atoms with van der Waals surface area (Å²) < 4.78 is 12.8. The number of aromatic nitrogens is 1. The molecule has 0 aliphatic carbocycles. The van der Waals surface area contributed by atoms with Crippen LogP contribution >= 0.6 is 0 Å². The second-order valence-electron chi connectivity index (χ2n) is 3.52. The number of piperazine rings is 1. The highest BCUT2D eigenvalue weighted by Gasteiger charge is 2.16. The van der Waals surface area contributed by atoms with E-state index in [0.717, 1.165) is 30.9 Å². The third-order valence-electron chi connectivity index (χ3n) is 2.51. The first-order valence-electron chi connectivity index (χ1n) is 4.84. The Morgan fingerprint density at radius 2 is 2.29 bits per heavy atom. The van der Waals surface area contributed by atoms with Gasteiger partial charge in [-0.15, -0.1) is 0 Å². The monoisotopic (exact) mass is 195 g/mol. The van der Waals surface area contributed by atoms with Crippen LogP contribution in [0, 0.1) is 12.9 Å². The van der Waals surface area contributed by atoms with Crippen molar-refractivity contribution in [2.45, 2.75) is 13.0 Å². The standard InChI is InChI=1S/C10H14FN3/c1-7-8(2-3-10(11)14-7)9-6-12-4-5-13-9/h2-3,9,12-13H,4-6H2,1H3/t9-/m1/s1. The van der Waals surface area contributed by atoms with E-state index in [1.807, 2.05) is 13.0 Å². The molecular formula is C10H14FN3. The maximum absolute atomic E-state index is 12.8. The number of halogens is 1. The van der Waals surface area contributed by atoms with Crippen LogP contribution in [-0.4, -0.2) is 24.6 Å². The van der Waals surface area contributed by atoms with Crippen molar-refractivity contribution in [2.75, 3.05) is 19.6 Å². The van der Waals surface area contributed by atoms with Crippen LogP contribution in [0.4, 0.5) is 4.39 Å². The first-order valence-corrected chi connectivity index (χ1v) is 4.84. The van der Waals surface area contributed by atoms with Gasteiger partial charge in [-0.25, -0.2) is 4.98 Å². The van der Waals surface area contributed by atoms with Gasteiger partial charge in [-0.05, 0) is 18.6 Å². The first kappa shape index (κ1) is 9.55. The molecule has 1 aliphatic heterocycles. The minimum absolute atomic E-state index is 0.261. The van der Waals surface area contributed by atoms with Gasteiger partial charge in [0.05, 0.1) is 0 Å². The Morgan fingerprint density at radius 1 is 1.43 bits per heavy atom. The van der Waals surface area contributed by atoms with E-state index >= 15 is 0 Å². The normalized spacial score (nSPS) is 22.3. The van der Waals surface area contributed by atoms with Crippen LogP contribution in [0.25, 0.3) is 0 Å². The van der Waals surface area contributed by atoms with Gasteiger partial charge in [0, 0.05) is 31.4 Å². The van der Waals surface area contributed by atoms with Crippen molar-refractivity contribution < 1.29 is 4.39 Å². The van der Waals surface area contributed by atoms with Crippen molar-refractivity contribution in [1.82, 2.24) is 15.6 Å². The molecule has 1 aliphatic rings. The lowest BCUT2D eigenvalue weighted by Gasteiger charge is -2.25. The molecule has 0 amide bonds. The average Bonchev–Trinajstić information content (AvgIpc) is 2.19. The van der Waals surface area contributed by atoms with Gasteiger partial charge < -0.3 is 10.6 Å². The lowest BCUT2D eigenvalue weighted by molar-refractivity contribution is 0.426. The van der Waals surface area contributed by atoms with E-state index in [1.54, 1.807) is 0 Å². The van der Waals surface area contributed by atoms with Crippen LogP contribution in [0.1, 0.15) is 17.3 Å². The van der Waals surface area contributed by atoms with Crippen LogP contribution in [0.5, 0.6) is 0 Å². The van der Waals surface area contributed by atoms with E-state index in [4.69, 9.17) is 0 Å². The van der Waals surface area contributed by atoms with Gasteiger partial charge >= 0.3 is 0 Å². The van der Waals surface area contributed by atoms with Gasteiger partial charge in [-0.3, -0.25) is 0 Å². The van der Waals surface area contributed by atoms with Crippen molar-refractivity contribution in [1.29, 1.82) is 0 Å². The zero-order valence-corrected chi connectivity index (χ0v) is 8.18. The Bertz CT molecular complexity index is 321. The molecule has 2 rings (SSSR count). The number of hydrogen-bond donors (Lipinski definition) is 2. The summed E-state index contributed by atoms with van der Waals surface area (Å²) in [6.07, 6.45) is 0. The van der Waals surface area contributed by atoms with Crippen molar-refractivity contribution in [3.8, 4) is 0 Å². The van der Waals surface area contributed by atoms with E-state index in [0.29, 0.717) is 0 Å². The van der Waals surface area contributed by atoms with Crippen LogP contribution in [0.2, 0.25) is 0 Å². The van der Waals surface area contributed by atoms with Crippen LogP contribution < -0.4 is 10.6 Å². The number of hydrogen-bond acceptors (Lipinski definition) is 3. The van der Waals surface area contributed by atoms with Gasteiger partial charge in [0.25, 0.3) is 0 Å². The smallest absolute Gasteiger partial charge is 0.213 e. The minimum Gasteiger partial charge on any atom is -0.314 e. The highest BCUT2D eigenvalue weighted by molar-refractivity contribution is 5.23. The number of pyridine rings is 1. The Morgan fingerprint density at radius 3 is 2.93 bits per heavy atom. The largest absolute Gasteiger partial charge is 0.314 e. The zero-order chi connectivity index (χ0) is 9.97. The quantitative estimate of drug-likeness (QED) is 0.650. The fourth-order valence-corrected chi connectivity index (χ4v) is 1.78. The molecular weight excluding hydrogens is 181 g/mol.